The Morgan fingerprint density at radius 3 is 2.55 bits per heavy atom. The van der Waals surface area contributed by atoms with Gasteiger partial charge in [0, 0.05) is 6.08 Å². The lowest BCUT2D eigenvalue weighted by Crippen LogP contribution is -2.00. The van der Waals surface area contributed by atoms with Crippen molar-refractivity contribution in [3.63, 3.8) is 0 Å². The highest BCUT2D eigenvalue weighted by Gasteiger charge is 2.06. The third-order valence-corrected chi connectivity index (χ3v) is 2.93. The maximum Gasteiger partial charge on any atom is 0.161 e. The van der Waals surface area contributed by atoms with Gasteiger partial charge in [-0.1, -0.05) is 18.2 Å². The molecule has 0 aromatic heterocycles. The molecule has 0 aliphatic carbocycles. The van der Waals surface area contributed by atoms with Crippen LogP contribution in [-0.2, 0) is 6.61 Å². The quantitative estimate of drug-likeness (QED) is 0.745. The summed E-state index contributed by atoms with van der Waals surface area (Å²) in [5, 5.41) is 8.57. The van der Waals surface area contributed by atoms with Crippen molar-refractivity contribution in [2.24, 2.45) is 0 Å². The molecule has 2 aromatic rings. The van der Waals surface area contributed by atoms with Crippen molar-refractivity contribution in [3.8, 4) is 17.6 Å². The van der Waals surface area contributed by atoms with Gasteiger partial charge in [0.2, 0.25) is 0 Å². The lowest BCUT2D eigenvalue weighted by Gasteiger charge is -2.12. The molecule has 0 amide bonds. The Labute approximate surface area is 129 Å². The Morgan fingerprint density at radius 2 is 1.86 bits per heavy atom. The highest BCUT2D eigenvalue weighted by molar-refractivity contribution is 5.57. The Bertz CT molecular complexity index is 687. The molecule has 0 fully saturated rings. The summed E-state index contributed by atoms with van der Waals surface area (Å²) < 4.78 is 24.2. The number of hydrogen-bond donors (Lipinski definition) is 0. The van der Waals surface area contributed by atoms with E-state index in [9.17, 15) is 4.39 Å². The molecule has 112 valence electrons. The van der Waals surface area contributed by atoms with Gasteiger partial charge in [-0.25, -0.2) is 4.39 Å². The van der Waals surface area contributed by atoms with Crippen LogP contribution in [0.3, 0.4) is 0 Å². The average molecular weight is 297 g/mol. The molecule has 0 unspecified atom stereocenters. The van der Waals surface area contributed by atoms with E-state index in [1.807, 2.05) is 25.1 Å². The van der Waals surface area contributed by atoms with Crippen molar-refractivity contribution < 1.29 is 13.9 Å². The standard InChI is InChI=1S/C18H16FNO2/c1-2-21-18-12-14(4-3-11-20)7-10-17(18)22-13-15-5-8-16(19)9-6-15/h3-10,12H,2,13H2,1H3/b4-3+. The minimum atomic E-state index is -0.271. The van der Waals surface area contributed by atoms with E-state index in [4.69, 9.17) is 14.7 Å². The summed E-state index contributed by atoms with van der Waals surface area (Å²) in [5.74, 6) is 0.956. The minimum Gasteiger partial charge on any atom is -0.490 e. The minimum absolute atomic E-state index is 0.271. The van der Waals surface area contributed by atoms with Crippen LogP contribution < -0.4 is 9.47 Å². The summed E-state index contributed by atoms with van der Waals surface area (Å²) in [4.78, 5) is 0. The zero-order valence-corrected chi connectivity index (χ0v) is 12.3. The lowest BCUT2D eigenvalue weighted by atomic mass is 10.2. The van der Waals surface area contributed by atoms with Crippen molar-refractivity contribution in [3.05, 3.63) is 65.5 Å². The number of ether oxygens (including phenoxy) is 2. The molecule has 0 saturated heterocycles. The molecule has 0 aliphatic heterocycles. The van der Waals surface area contributed by atoms with Crippen LogP contribution in [0.15, 0.2) is 48.5 Å². The molecule has 2 aromatic carbocycles. The molecule has 4 heteroatoms. The van der Waals surface area contributed by atoms with Gasteiger partial charge in [0.25, 0.3) is 0 Å². The van der Waals surface area contributed by atoms with Gasteiger partial charge in [0.05, 0.1) is 12.7 Å². The van der Waals surface area contributed by atoms with Gasteiger partial charge in [-0.05, 0) is 48.4 Å². The second-order valence-corrected chi connectivity index (χ2v) is 4.52. The summed E-state index contributed by atoms with van der Waals surface area (Å²) in [6.45, 7) is 2.73. The zero-order valence-electron chi connectivity index (χ0n) is 12.3. The van der Waals surface area contributed by atoms with Crippen molar-refractivity contribution in [1.29, 1.82) is 5.26 Å². The third-order valence-electron chi connectivity index (χ3n) is 2.93. The molecular weight excluding hydrogens is 281 g/mol. The number of hydrogen-bond acceptors (Lipinski definition) is 3. The number of allylic oxidation sites excluding steroid dienone is 1. The topological polar surface area (TPSA) is 42.2 Å². The van der Waals surface area contributed by atoms with Crippen molar-refractivity contribution >= 4 is 6.08 Å². The molecule has 0 radical (unpaired) electrons. The van der Waals surface area contributed by atoms with E-state index in [1.54, 1.807) is 24.3 Å². The van der Waals surface area contributed by atoms with Crippen LogP contribution in [0.5, 0.6) is 11.5 Å². The molecule has 0 N–H and O–H groups in total. The van der Waals surface area contributed by atoms with E-state index >= 15 is 0 Å². The van der Waals surface area contributed by atoms with E-state index in [0.717, 1.165) is 11.1 Å². The van der Waals surface area contributed by atoms with E-state index in [1.165, 1.54) is 18.2 Å². The SMILES string of the molecule is CCOc1cc(/C=C/C#N)ccc1OCc1ccc(F)cc1. The average Bonchev–Trinajstić information content (AvgIpc) is 2.54. The number of nitriles is 1. The summed E-state index contributed by atoms with van der Waals surface area (Å²) in [6.07, 6.45) is 3.11. The fraction of sp³-hybridized carbons (Fsp3) is 0.167. The molecule has 0 saturated carbocycles. The van der Waals surface area contributed by atoms with Gasteiger partial charge in [0.1, 0.15) is 12.4 Å². The molecule has 0 heterocycles. The first kappa shape index (κ1) is 15.6. The second kappa shape index (κ2) is 7.84. The first-order valence-electron chi connectivity index (χ1n) is 6.93. The highest BCUT2D eigenvalue weighted by Crippen LogP contribution is 2.29. The van der Waals surface area contributed by atoms with E-state index in [0.29, 0.717) is 24.7 Å². The molecular formula is C18H16FNO2. The van der Waals surface area contributed by atoms with Crippen molar-refractivity contribution in [1.82, 2.24) is 0 Å². The van der Waals surface area contributed by atoms with Gasteiger partial charge in [0.15, 0.2) is 11.5 Å². The molecule has 0 spiro atoms. The zero-order chi connectivity index (χ0) is 15.8. The highest BCUT2D eigenvalue weighted by atomic mass is 19.1. The van der Waals surface area contributed by atoms with Gasteiger partial charge in [-0.2, -0.15) is 5.26 Å². The Morgan fingerprint density at radius 1 is 1.09 bits per heavy atom. The summed E-state index contributed by atoms with van der Waals surface area (Å²) in [6, 6.07) is 13.6. The smallest absolute Gasteiger partial charge is 0.161 e. The summed E-state index contributed by atoms with van der Waals surface area (Å²) in [5.41, 5.74) is 1.73. The largest absolute Gasteiger partial charge is 0.490 e. The van der Waals surface area contributed by atoms with Crippen LogP contribution in [0.25, 0.3) is 6.08 Å². The Hall–Kier alpha value is -2.80. The normalized spacial score (nSPS) is 10.4. The van der Waals surface area contributed by atoms with Crippen molar-refractivity contribution in [2.75, 3.05) is 6.61 Å². The molecule has 2 rings (SSSR count). The Balaban J connectivity index is 2.13. The maximum atomic E-state index is 12.9. The second-order valence-electron chi connectivity index (χ2n) is 4.52. The van der Waals surface area contributed by atoms with Gasteiger partial charge >= 0.3 is 0 Å². The van der Waals surface area contributed by atoms with E-state index in [2.05, 4.69) is 0 Å². The fourth-order valence-corrected chi connectivity index (χ4v) is 1.89. The Kier molecular flexibility index (Phi) is 5.56. The van der Waals surface area contributed by atoms with Crippen LogP contribution in [0.1, 0.15) is 18.1 Å². The van der Waals surface area contributed by atoms with Crippen LogP contribution in [-0.4, -0.2) is 6.61 Å². The fourth-order valence-electron chi connectivity index (χ4n) is 1.89. The molecule has 0 aliphatic rings. The lowest BCUT2D eigenvalue weighted by molar-refractivity contribution is 0.269. The van der Waals surface area contributed by atoms with Crippen LogP contribution in [0.4, 0.5) is 4.39 Å². The summed E-state index contributed by atoms with van der Waals surface area (Å²) in [7, 11) is 0. The number of nitrogens with zero attached hydrogens (tertiary/aromatic N) is 1. The first-order valence-corrected chi connectivity index (χ1v) is 6.93. The van der Waals surface area contributed by atoms with Gasteiger partial charge in [-0.15, -0.1) is 0 Å². The van der Waals surface area contributed by atoms with E-state index < -0.39 is 0 Å². The third kappa shape index (κ3) is 4.35. The van der Waals surface area contributed by atoms with Crippen molar-refractivity contribution in [2.45, 2.75) is 13.5 Å². The molecule has 3 nitrogen and oxygen atoms in total. The first-order chi connectivity index (χ1) is 10.7. The number of benzene rings is 2. The monoisotopic (exact) mass is 297 g/mol. The maximum absolute atomic E-state index is 12.9. The van der Waals surface area contributed by atoms with Crippen LogP contribution in [0.2, 0.25) is 0 Å². The van der Waals surface area contributed by atoms with Gasteiger partial charge in [-0.3, -0.25) is 0 Å². The molecule has 0 atom stereocenters. The summed E-state index contributed by atoms with van der Waals surface area (Å²) >= 11 is 0. The predicted molar refractivity (Wildman–Crippen MR) is 83.0 cm³/mol. The predicted octanol–water partition coefficient (Wildman–Crippen LogP) is 4.34. The van der Waals surface area contributed by atoms with E-state index in [-0.39, 0.29) is 5.82 Å². The van der Waals surface area contributed by atoms with Gasteiger partial charge < -0.3 is 9.47 Å². The molecule has 22 heavy (non-hydrogen) atoms. The number of halogens is 1. The molecule has 0 bridgehead atoms. The van der Waals surface area contributed by atoms with Crippen LogP contribution >= 0.6 is 0 Å². The number of rotatable bonds is 6. The van der Waals surface area contributed by atoms with Crippen LogP contribution in [0, 0.1) is 17.1 Å².